The zero-order valence-corrected chi connectivity index (χ0v) is 20.7. The number of carbonyl (C=O) groups excluding carboxylic acids is 1. The molecule has 1 N–H and O–H groups in total. The van der Waals surface area contributed by atoms with Crippen molar-refractivity contribution in [2.45, 2.75) is 45.3 Å². The van der Waals surface area contributed by atoms with Gasteiger partial charge in [-0.25, -0.2) is 8.42 Å². The van der Waals surface area contributed by atoms with E-state index in [9.17, 15) is 13.2 Å². The van der Waals surface area contributed by atoms with Crippen molar-refractivity contribution in [3.63, 3.8) is 0 Å². The van der Waals surface area contributed by atoms with Crippen molar-refractivity contribution in [3.05, 3.63) is 63.6 Å². The zero-order valence-electron chi connectivity index (χ0n) is 18.4. The van der Waals surface area contributed by atoms with E-state index in [0.717, 1.165) is 35.8 Å². The molecule has 2 aromatic carbocycles. The Hall–Kier alpha value is -1.80. The average molecular weight is 498 g/mol. The Bertz CT molecular complexity index is 1020. The summed E-state index contributed by atoms with van der Waals surface area (Å²) in [6, 6.07) is 11.6. The SMILES string of the molecule is C[C@@H](C(=O)NCc1ccc(CN2CCCCC2)cc1)N(c1cc(Cl)cc(Cl)c1)S(C)(=O)=O. The maximum absolute atomic E-state index is 12.8. The number of hydrogen-bond donors (Lipinski definition) is 1. The normalized spacial score (nSPS) is 15.9. The average Bonchev–Trinajstić information content (AvgIpc) is 2.72. The second-order valence-electron chi connectivity index (χ2n) is 8.23. The van der Waals surface area contributed by atoms with Crippen LogP contribution in [-0.2, 0) is 27.9 Å². The highest BCUT2D eigenvalue weighted by Crippen LogP contribution is 2.28. The molecular weight excluding hydrogens is 469 g/mol. The van der Waals surface area contributed by atoms with Crippen molar-refractivity contribution in [1.82, 2.24) is 10.2 Å². The lowest BCUT2D eigenvalue weighted by molar-refractivity contribution is -0.122. The van der Waals surface area contributed by atoms with E-state index in [2.05, 4.69) is 22.3 Å². The Morgan fingerprint density at radius 3 is 2.16 bits per heavy atom. The molecule has 1 amide bonds. The number of amides is 1. The van der Waals surface area contributed by atoms with Gasteiger partial charge in [-0.15, -0.1) is 0 Å². The first-order chi connectivity index (χ1) is 15.1. The number of nitrogens with one attached hydrogen (secondary N) is 1. The Labute approximate surface area is 200 Å². The lowest BCUT2D eigenvalue weighted by Crippen LogP contribution is -2.47. The predicted molar refractivity (Wildman–Crippen MR) is 131 cm³/mol. The fourth-order valence-electron chi connectivity index (χ4n) is 3.95. The summed E-state index contributed by atoms with van der Waals surface area (Å²) in [5.74, 6) is -0.413. The summed E-state index contributed by atoms with van der Waals surface area (Å²) in [6.45, 7) is 5.07. The molecular formula is C23H29Cl2N3O3S. The Morgan fingerprint density at radius 2 is 1.59 bits per heavy atom. The van der Waals surface area contributed by atoms with E-state index in [1.54, 1.807) is 0 Å². The quantitative estimate of drug-likeness (QED) is 0.584. The molecule has 0 saturated carbocycles. The molecule has 0 unspecified atom stereocenters. The highest BCUT2D eigenvalue weighted by Gasteiger charge is 2.29. The number of benzene rings is 2. The van der Waals surface area contributed by atoms with Crippen LogP contribution in [0.15, 0.2) is 42.5 Å². The molecule has 0 aliphatic carbocycles. The third-order valence-corrected chi connectivity index (χ3v) is 7.21. The molecule has 1 aliphatic heterocycles. The number of nitrogens with zero attached hydrogens (tertiary/aromatic N) is 2. The molecule has 1 aliphatic rings. The van der Waals surface area contributed by atoms with E-state index in [0.29, 0.717) is 16.6 Å². The van der Waals surface area contributed by atoms with Gasteiger partial charge in [0.1, 0.15) is 6.04 Å². The Kier molecular flexibility index (Phi) is 8.44. The van der Waals surface area contributed by atoms with Gasteiger partial charge < -0.3 is 5.32 Å². The second kappa shape index (κ2) is 10.9. The second-order valence-corrected chi connectivity index (χ2v) is 11.0. The molecule has 0 bridgehead atoms. The molecule has 1 saturated heterocycles. The zero-order chi connectivity index (χ0) is 23.3. The topological polar surface area (TPSA) is 69.7 Å². The van der Waals surface area contributed by atoms with Crippen LogP contribution in [0.3, 0.4) is 0 Å². The van der Waals surface area contributed by atoms with Crippen LogP contribution in [0.2, 0.25) is 10.0 Å². The van der Waals surface area contributed by atoms with Gasteiger partial charge in [-0.2, -0.15) is 0 Å². The maximum Gasteiger partial charge on any atom is 0.243 e. The summed E-state index contributed by atoms with van der Waals surface area (Å²) < 4.78 is 25.9. The van der Waals surface area contributed by atoms with Crippen LogP contribution in [0, 0.1) is 0 Å². The first-order valence-corrected chi connectivity index (χ1v) is 13.3. The molecule has 32 heavy (non-hydrogen) atoms. The van der Waals surface area contributed by atoms with Crippen molar-refractivity contribution >= 4 is 44.8 Å². The molecule has 0 aromatic heterocycles. The number of carbonyl (C=O) groups is 1. The molecule has 1 atom stereocenters. The maximum atomic E-state index is 12.8. The fraction of sp³-hybridized carbons (Fsp3) is 0.435. The summed E-state index contributed by atoms with van der Waals surface area (Å²) in [7, 11) is -3.75. The minimum atomic E-state index is -3.75. The van der Waals surface area contributed by atoms with Crippen LogP contribution >= 0.6 is 23.2 Å². The summed E-state index contributed by atoms with van der Waals surface area (Å²) >= 11 is 12.1. The molecule has 0 spiro atoms. The largest absolute Gasteiger partial charge is 0.350 e. The number of sulfonamides is 1. The van der Waals surface area contributed by atoms with Gasteiger partial charge in [0.2, 0.25) is 15.9 Å². The predicted octanol–water partition coefficient (Wildman–Crippen LogP) is 4.45. The number of likely N-dealkylation sites (tertiary alicyclic amines) is 1. The van der Waals surface area contributed by atoms with Crippen LogP contribution in [-0.4, -0.2) is 44.6 Å². The van der Waals surface area contributed by atoms with Gasteiger partial charge in [0.15, 0.2) is 0 Å². The Morgan fingerprint density at radius 1 is 1.03 bits per heavy atom. The van der Waals surface area contributed by atoms with Crippen LogP contribution in [0.25, 0.3) is 0 Å². The van der Waals surface area contributed by atoms with Crippen molar-refractivity contribution in [2.75, 3.05) is 23.7 Å². The lowest BCUT2D eigenvalue weighted by Gasteiger charge is -2.28. The fourth-order valence-corrected chi connectivity index (χ4v) is 5.62. The molecule has 6 nitrogen and oxygen atoms in total. The molecule has 1 fully saturated rings. The van der Waals surface area contributed by atoms with Crippen molar-refractivity contribution in [2.24, 2.45) is 0 Å². The van der Waals surface area contributed by atoms with Crippen LogP contribution in [0.5, 0.6) is 0 Å². The molecule has 174 valence electrons. The number of hydrogen-bond acceptors (Lipinski definition) is 4. The summed E-state index contributed by atoms with van der Waals surface area (Å²) in [5.41, 5.74) is 2.44. The van der Waals surface area contributed by atoms with Gasteiger partial charge in [0.25, 0.3) is 0 Å². The van der Waals surface area contributed by atoms with Gasteiger partial charge >= 0.3 is 0 Å². The first kappa shape index (κ1) is 24.8. The minimum absolute atomic E-state index is 0.245. The summed E-state index contributed by atoms with van der Waals surface area (Å²) in [4.78, 5) is 15.2. The standard InChI is InChI=1S/C23H29Cl2N3O3S/c1-17(28(32(2,30)31)22-13-20(24)12-21(25)14-22)23(29)26-15-18-6-8-19(9-7-18)16-27-10-4-3-5-11-27/h6-9,12-14,17H,3-5,10-11,15-16H2,1-2H3,(H,26,29)/t17-/m0/s1. The van der Waals surface area contributed by atoms with Gasteiger partial charge in [0, 0.05) is 23.1 Å². The van der Waals surface area contributed by atoms with Crippen molar-refractivity contribution < 1.29 is 13.2 Å². The minimum Gasteiger partial charge on any atom is -0.350 e. The molecule has 9 heteroatoms. The van der Waals surface area contributed by atoms with E-state index in [-0.39, 0.29) is 5.69 Å². The third-order valence-electron chi connectivity index (χ3n) is 5.53. The highest BCUT2D eigenvalue weighted by molar-refractivity contribution is 7.92. The van der Waals surface area contributed by atoms with E-state index in [1.807, 2.05) is 12.1 Å². The van der Waals surface area contributed by atoms with Crippen LogP contribution in [0.4, 0.5) is 5.69 Å². The van der Waals surface area contributed by atoms with E-state index in [1.165, 1.54) is 49.9 Å². The third kappa shape index (κ3) is 6.85. The van der Waals surface area contributed by atoms with Gasteiger partial charge in [0.05, 0.1) is 11.9 Å². The molecule has 2 aromatic rings. The monoisotopic (exact) mass is 497 g/mol. The number of rotatable bonds is 8. The molecule has 3 rings (SSSR count). The van der Waals surface area contributed by atoms with Crippen LogP contribution in [0.1, 0.15) is 37.3 Å². The van der Waals surface area contributed by atoms with E-state index in [4.69, 9.17) is 23.2 Å². The Balaban J connectivity index is 1.63. The molecule has 1 heterocycles. The van der Waals surface area contributed by atoms with Gasteiger partial charge in [-0.1, -0.05) is 53.9 Å². The van der Waals surface area contributed by atoms with Crippen molar-refractivity contribution in [3.8, 4) is 0 Å². The number of anilines is 1. The van der Waals surface area contributed by atoms with Gasteiger partial charge in [-0.05, 0) is 62.2 Å². The number of piperidine rings is 1. The highest BCUT2D eigenvalue weighted by atomic mass is 35.5. The van der Waals surface area contributed by atoms with Crippen molar-refractivity contribution in [1.29, 1.82) is 0 Å². The van der Waals surface area contributed by atoms with E-state index < -0.39 is 22.0 Å². The lowest BCUT2D eigenvalue weighted by atomic mass is 10.1. The summed E-state index contributed by atoms with van der Waals surface area (Å²) in [6.07, 6.45) is 4.88. The molecule has 0 radical (unpaired) electrons. The smallest absolute Gasteiger partial charge is 0.243 e. The number of halogens is 2. The first-order valence-electron chi connectivity index (χ1n) is 10.7. The van der Waals surface area contributed by atoms with Crippen LogP contribution < -0.4 is 9.62 Å². The summed E-state index contributed by atoms with van der Waals surface area (Å²) in [5, 5.41) is 3.41. The van der Waals surface area contributed by atoms with Gasteiger partial charge in [-0.3, -0.25) is 14.0 Å². The van der Waals surface area contributed by atoms with E-state index >= 15 is 0 Å².